The van der Waals surface area contributed by atoms with Crippen molar-refractivity contribution in [3.8, 4) is 5.75 Å². The third-order valence-corrected chi connectivity index (χ3v) is 5.42. The number of ether oxygens (including phenoxy) is 1. The first-order valence-electron chi connectivity index (χ1n) is 7.81. The Kier molecular flexibility index (Phi) is 7.76. The molecule has 0 saturated heterocycles. The number of aryl methyl sites for hydroxylation is 2. The van der Waals surface area contributed by atoms with Gasteiger partial charge in [-0.3, -0.25) is 25.8 Å². The van der Waals surface area contributed by atoms with Crippen molar-refractivity contribution in [2.75, 3.05) is 6.61 Å². The third kappa shape index (κ3) is 6.60. The normalized spacial score (nSPS) is 10.1. The maximum absolute atomic E-state index is 12.1. The van der Waals surface area contributed by atoms with Gasteiger partial charge in [-0.25, -0.2) is 0 Å². The van der Waals surface area contributed by atoms with E-state index < -0.39 is 5.91 Å². The average molecular weight is 515 g/mol. The van der Waals surface area contributed by atoms with E-state index in [0.717, 1.165) is 20.1 Å². The first kappa shape index (κ1) is 21.3. The molecule has 2 aromatic carbocycles. The third-order valence-electron chi connectivity index (χ3n) is 3.48. The maximum atomic E-state index is 12.1. The van der Waals surface area contributed by atoms with E-state index in [1.54, 1.807) is 18.2 Å². The molecule has 0 radical (unpaired) electrons. The van der Waals surface area contributed by atoms with Crippen LogP contribution < -0.4 is 20.9 Å². The summed E-state index contributed by atoms with van der Waals surface area (Å²) in [5.74, 6) is -0.253. The molecule has 0 spiro atoms. The van der Waals surface area contributed by atoms with Crippen molar-refractivity contribution in [1.82, 2.24) is 16.2 Å². The van der Waals surface area contributed by atoms with Crippen LogP contribution in [0.3, 0.4) is 0 Å². The fraction of sp³-hybridized carbons (Fsp3) is 0.167. The lowest BCUT2D eigenvalue weighted by Gasteiger charge is -2.12. The molecule has 0 fully saturated rings. The Morgan fingerprint density at radius 2 is 1.74 bits per heavy atom. The lowest BCUT2D eigenvalue weighted by molar-refractivity contribution is -0.121. The molecule has 0 aromatic heterocycles. The van der Waals surface area contributed by atoms with Crippen molar-refractivity contribution in [2.45, 2.75) is 13.8 Å². The molecule has 3 N–H and O–H groups in total. The lowest BCUT2D eigenvalue weighted by Crippen LogP contribution is -2.49. The molecule has 0 aliphatic rings. The predicted octanol–water partition coefficient (Wildman–Crippen LogP) is 3.54. The molecule has 0 unspecified atom stereocenters. The van der Waals surface area contributed by atoms with Crippen molar-refractivity contribution in [2.24, 2.45) is 0 Å². The van der Waals surface area contributed by atoms with Gasteiger partial charge in [0.05, 0.1) is 0 Å². The van der Waals surface area contributed by atoms with Crippen LogP contribution in [0.15, 0.2) is 45.3 Å². The molecule has 0 atom stereocenters. The maximum Gasteiger partial charge on any atom is 0.269 e. The highest BCUT2D eigenvalue weighted by atomic mass is 79.9. The summed E-state index contributed by atoms with van der Waals surface area (Å²) in [6.45, 7) is 3.64. The molecule has 0 aliphatic heterocycles. The predicted molar refractivity (Wildman–Crippen MR) is 115 cm³/mol. The van der Waals surface area contributed by atoms with E-state index >= 15 is 0 Å². The molecule has 27 heavy (non-hydrogen) atoms. The number of amides is 2. The first-order valence-corrected chi connectivity index (χ1v) is 9.81. The average Bonchev–Trinajstić information content (AvgIpc) is 2.63. The number of thiocarbonyl (C=S) groups is 1. The van der Waals surface area contributed by atoms with Crippen LogP contribution in [0.5, 0.6) is 5.75 Å². The van der Waals surface area contributed by atoms with Crippen LogP contribution in [0.1, 0.15) is 21.5 Å². The SMILES string of the molecule is Cc1cc(OCC(=O)NC(=S)NNC(=O)c2ccc(C)c(Br)c2)ccc1Br. The summed E-state index contributed by atoms with van der Waals surface area (Å²) < 4.78 is 7.20. The van der Waals surface area contributed by atoms with Crippen LogP contribution in [0.2, 0.25) is 0 Å². The first-order chi connectivity index (χ1) is 12.8. The Morgan fingerprint density at radius 1 is 1.00 bits per heavy atom. The molecular formula is C18H17Br2N3O3S. The van der Waals surface area contributed by atoms with Crippen LogP contribution in [0.25, 0.3) is 0 Å². The van der Waals surface area contributed by atoms with Crippen LogP contribution in [-0.2, 0) is 4.79 Å². The Hall–Kier alpha value is -1.97. The minimum atomic E-state index is -0.444. The molecule has 0 saturated carbocycles. The van der Waals surface area contributed by atoms with E-state index in [2.05, 4.69) is 48.0 Å². The molecule has 9 heteroatoms. The molecule has 0 aliphatic carbocycles. The number of halogens is 2. The lowest BCUT2D eigenvalue weighted by atomic mass is 10.1. The summed E-state index contributed by atoms with van der Waals surface area (Å²) in [7, 11) is 0. The van der Waals surface area contributed by atoms with Crippen molar-refractivity contribution >= 4 is 61.0 Å². The van der Waals surface area contributed by atoms with Gasteiger partial charge in [0.2, 0.25) is 0 Å². The van der Waals surface area contributed by atoms with Gasteiger partial charge in [-0.1, -0.05) is 37.9 Å². The number of hydrazine groups is 1. The molecule has 0 heterocycles. The summed E-state index contributed by atoms with van der Waals surface area (Å²) in [6.07, 6.45) is 0. The zero-order valence-corrected chi connectivity index (χ0v) is 18.5. The number of hydrogen-bond donors (Lipinski definition) is 3. The Labute approximate surface area is 179 Å². The number of nitrogens with one attached hydrogen (secondary N) is 3. The minimum Gasteiger partial charge on any atom is -0.484 e. The van der Waals surface area contributed by atoms with Gasteiger partial charge in [0.25, 0.3) is 11.8 Å². The highest BCUT2D eigenvalue weighted by Gasteiger charge is 2.10. The molecule has 2 rings (SSSR count). The molecule has 0 bridgehead atoms. The second kappa shape index (κ2) is 9.82. The van der Waals surface area contributed by atoms with E-state index in [9.17, 15) is 9.59 Å². The molecule has 2 aromatic rings. The van der Waals surface area contributed by atoms with E-state index in [0.29, 0.717) is 11.3 Å². The van der Waals surface area contributed by atoms with Gasteiger partial charge in [-0.05, 0) is 67.5 Å². The van der Waals surface area contributed by atoms with E-state index in [4.69, 9.17) is 17.0 Å². The largest absolute Gasteiger partial charge is 0.484 e. The van der Waals surface area contributed by atoms with Crippen molar-refractivity contribution in [3.63, 3.8) is 0 Å². The highest BCUT2D eigenvalue weighted by Crippen LogP contribution is 2.21. The van der Waals surface area contributed by atoms with Gasteiger partial charge in [0.15, 0.2) is 11.7 Å². The van der Waals surface area contributed by atoms with Gasteiger partial charge >= 0.3 is 0 Å². The van der Waals surface area contributed by atoms with Gasteiger partial charge in [-0.15, -0.1) is 0 Å². The molecule has 6 nitrogen and oxygen atoms in total. The number of carbonyl (C=O) groups excluding carboxylic acids is 2. The van der Waals surface area contributed by atoms with Crippen molar-refractivity contribution in [1.29, 1.82) is 0 Å². The zero-order valence-electron chi connectivity index (χ0n) is 14.6. The van der Waals surface area contributed by atoms with Crippen LogP contribution in [0, 0.1) is 13.8 Å². The van der Waals surface area contributed by atoms with E-state index in [-0.39, 0.29) is 17.6 Å². The number of hydrogen-bond acceptors (Lipinski definition) is 4. The van der Waals surface area contributed by atoms with Crippen LogP contribution >= 0.6 is 44.1 Å². The monoisotopic (exact) mass is 513 g/mol. The smallest absolute Gasteiger partial charge is 0.269 e. The molecule has 2 amide bonds. The number of carbonyl (C=O) groups is 2. The van der Waals surface area contributed by atoms with Gasteiger partial charge in [0.1, 0.15) is 5.75 Å². The highest BCUT2D eigenvalue weighted by molar-refractivity contribution is 9.10. The summed E-state index contributed by atoms with van der Waals surface area (Å²) in [5.41, 5.74) is 7.37. The second-order valence-electron chi connectivity index (χ2n) is 5.62. The fourth-order valence-corrected chi connectivity index (χ4v) is 2.76. The summed E-state index contributed by atoms with van der Waals surface area (Å²) >= 11 is 11.8. The Bertz CT molecular complexity index is 890. The van der Waals surface area contributed by atoms with Gasteiger partial charge in [0, 0.05) is 14.5 Å². The molecular weight excluding hydrogens is 498 g/mol. The summed E-state index contributed by atoms with van der Waals surface area (Å²) in [4.78, 5) is 24.0. The standard InChI is InChI=1S/C18H17Br2N3O3S/c1-10-3-4-12(8-15(10)20)17(25)22-23-18(27)21-16(24)9-26-13-5-6-14(19)11(2)7-13/h3-8H,9H2,1-2H3,(H,22,25)(H2,21,23,24,27). The molecule has 142 valence electrons. The number of benzene rings is 2. The summed E-state index contributed by atoms with van der Waals surface area (Å²) in [5, 5.41) is 2.39. The topological polar surface area (TPSA) is 79.5 Å². The number of rotatable bonds is 4. The minimum absolute atomic E-state index is 0.0323. The Balaban J connectivity index is 1.77. The van der Waals surface area contributed by atoms with E-state index in [1.165, 1.54) is 0 Å². The van der Waals surface area contributed by atoms with Crippen LogP contribution in [0.4, 0.5) is 0 Å². The van der Waals surface area contributed by atoms with Gasteiger partial charge < -0.3 is 4.74 Å². The van der Waals surface area contributed by atoms with Crippen molar-refractivity contribution in [3.05, 3.63) is 62.0 Å². The second-order valence-corrected chi connectivity index (χ2v) is 7.74. The van der Waals surface area contributed by atoms with Gasteiger partial charge in [-0.2, -0.15) is 0 Å². The Morgan fingerprint density at radius 3 is 2.41 bits per heavy atom. The quantitative estimate of drug-likeness (QED) is 0.429. The van der Waals surface area contributed by atoms with Crippen LogP contribution in [-0.4, -0.2) is 23.5 Å². The fourth-order valence-electron chi connectivity index (χ4n) is 1.97. The zero-order chi connectivity index (χ0) is 20.0. The van der Waals surface area contributed by atoms with Crippen molar-refractivity contribution < 1.29 is 14.3 Å². The summed E-state index contributed by atoms with van der Waals surface area (Å²) in [6, 6.07) is 10.6. The van der Waals surface area contributed by atoms with E-state index in [1.807, 2.05) is 32.0 Å².